The zero-order valence-corrected chi connectivity index (χ0v) is 14.1. The van der Waals surface area contributed by atoms with Crippen molar-refractivity contribution >= 4 is 45.2 Å². The van der Waals surface area contributed by atoms with Crippen molar-refractivity contribution in [1.82, 2.24) is 0 Å². The SMILES string of the molecule is CCCCOCCN(C)c1cc(=S)c2occ(Br)c2o1. The smallest absolute Gasteiger partial charge is 0.197 e. The number of unbranched alkanes of at least 4 members (excludes halogenated alkanes) is 1. The van der Waals surface area contributed by atoms with E-state index in [1.165, 1.54) is 0 Å². The summed E-state index contributed by atoms with van der Waals surface area (Å²) in [6.45, 7) is 4.38. The summed E-state index contributed by atoms with van der Waals surface area (Å²) in [7, 11) is 1.95. The van der Waals surface area contributed by atoms with Crippen LogP contribution in [0, 0.1) is 4.51 Å². The second kappa shape index (κ2) is 7.24. The van der Waals surface area contributed by atoms with Gasteiger partial charge in [-0.15, -0.1) is 0 Å². The average molecular weight is 360 g/mol. The van der Waals surface area contributed by atoms with Gasteiger partial charge in [0.15, 0.2) is 17.1 Å². The summed E-state index contributed by atoms with van der Waals surface area (Å²) in [6, 6.07) is 1.81. The number of hydrogen-bond acceptors (Lipinski definition) is 5. The summed E-state index contributed by atoms with van der Waals surface area (Å²) in [5.41, 5.74) is 1.24. The highest BCUT2D eigenvalue weighted by atomic mass is 79.9. The monoisotopic (exact) mass is 359 g/mol. The van der Waals surface area contributed by atoms with Crippen molar-refractivity contribution in [3.05, 3.63) is 21.3 Å². The lowest BCUT2D eigenvalue weighted by molar-refractivity contribution is 0.137. The molecule has 2 aromatic rings. The molecule has 0 bridgehead atoms. The zero-order chi connectivity index (χ0) is 14.5. The number of likely N-dealkylation sites (N-methyl/N-ethyl adjacent to an activating group) is 1. The van der Waals surface area contributed by atoms with Gasteiger partial charge >= 0.3 is 0 Å². The predicted molar refractivity (Wildman–Crippen MR) is 86.0 cm³/mol. The van der Waals surface area contributed by atoms with Crippen molar-refractivity contribution in [3.63, 3.8) is 0 Å². The Morgan fingerprint density at radius 3 is 2.90 bits per heavy atom. The Bertz CT molecular complexity index is 622. The van der Waals surface area contributed by atoms with Crippen LogP contribution in [-0.2, 0) is 4.74 Å². The van der Waals surface area contributed by atoms with Gasteiger partial charge in [0.25, 0.3) is 0 Å². The van der Waals surface area contributed by atoms with E-state index in [-0.39, 0.29) is 0 Å². The minimum Gasteiger partial charge on any atom is -0.458 e. The van der Waals surface area contributed by atoms with Crippen molar-refractivity contribution in [1.29, 1.82) is 0 Å². The van der Waals surface area contributed by atoms with Gasteiger partial charge in [0.1, 0.15) is 6.26 Å². The lowest BCUT2D eigenvalue weighted by atomic mass is 10.4. The normalized spacial score (nSPS) is 11.2. The van der Waals surface area contributed by atoms with Crippen molar-refractivity contribution in [3.8, 4) is 0 Å². The molecular weight excluding hydrogens is 342 g/mol. The molecule has 0 aliphatic rings. The maximum absolute atomic E-state index is 5.82. The van der Waals surface area contributed by atoms with E-state index in [0.29, 0.717) is 28.2 Å². The summed E-state index contributed by atoms with van der Waals surface area (Å²) >= 11 is 8.70. The molecule has 4 nitrogen and oxygen atoms in total. The van der Waals surface area contributed by atoms with E-state index < -0.39 is 0 Å². The Kier molecular flexibility index (Phi) is 5.63. The number of rotatable bonds is 7. The number of nitrogens with zero attached hydrogens (tertiary/aromatic N) is 1. The highest BCUT2D eigenvalue weighted by molar-refractivity contribution is 9.10. The number of hydrogen-bond donors (Lipinski definition) is 0. The standard InChI is InChI=1S/C14H18BrNO3S/c1-3-4-6-17-7-5-16(2)12-8-11(20)14-13(19-12)10(15)9-18-14/h8-9H,3-7H2,1-2H3. The summed E-state index contributed by atoms with van der Waals surface area (Å²) in [5.74, 6) is 0.712. The molecule has 0 saturated carbocycles. The van der Waals surface area contributed by atoms with E-state index in [1.807, 2.05) is 11.9 Å². The van der Waals surface area contributed by atoms with Crippen LogP contribution in [0.1, 0.15) is 19.8 Å². The first kappa shape index (κ1) is 15.5. The van der Waals surface area contributed by atoms with E-state index >= 15 is 0 Å². The summed E-state index contributed by atoms with van der Waals surface area (Å²) < 4.78 is 18.1. The molecule has 0 aromatic carbocycles. The molecule has 0 fully saturated rings. The van der Waals surface area contributed by atoms with E-state index in [1.54, 1.807) is 12.3 Å². The Labute approximate surface area is 131 Å². The third-order valence-electron chi connectivity index (χ3n) is 2.98. The average Bonchev–Trinajstić information content (AvgIpc) is 2.81. The second-order valence-electron chi connectivity index (χ2n) is 4.58. The molecule has 20 heavy (non-hydrogen) atoms. The third kappa shape index (κ3) is 3.62. The van der Waals surface area contributed by atoms with Crippen LogP contribution in [0.3, 0.4) is 0 Å². The van der Waals surface area contributed by atoms with Crippen molar-refractivity contribution < 1.29 is 13.6 Å². The Hall–Kier alpha value is -0.850. The molecule has 0 unspecified atom stereocenters. The van der Waals surface area contributed by atoms with Crippen LogP contribution in [0.15, 0.2) is 25.6 Å². The van der Waals surface area contributed by atoms with E-state index in [2.05, 4.69) is 22.9 Å². The molecule has 0 radical (unpaired) electrons. The quantitative estimate of drug-likeness (QED) is 0.525. The number of anilines is 1. The van der Waals surface area contributed by atoms with E-state index in [4.69, 9.17) is 25.8 Å². The lowest BCUT2D eigenvalue weighted by Gasteiger charge is -2.17. The number of ether oxygens (including phenoxy) is 1. The largest absolute Gasteiger partial charge is 0.458 e. The first-order valence-corrected chi connectivity index (χ1v) is 7.83. The maximum Gasteiger partial charge on any atom is 0.197 e. The van der Waals surface area contributed by atoms with Gasteiger partial charge in [0.05, 0.1) is 15.6 Å². The predicted octanol–water partition coefficient (Wildman–Crippen LogP) is 4.77. The van der Waals surface area contributed by atoms with Gasteiger partial charge in [-0.3, -0.25) is 0 Å². The molecule has 110 valence electrons. The molecule has 0 N–H and O–H groups in total. The van der Waals surface area contributed by atoms with Gasteiger partial charge in [0.2, 0.25) is 0 Å². The third-order valence-corrected chi connectivity index (χ3v) is 3.83. The fourth-order valence-electron chi connectivity index (χ4n) is 1.75. The van der Waals surface area contributed by atoms with Gasteiger partial charge in [0, 0.05) is 26.3 Å². The molecule has 2 rings (SSSR count). The van der Waals surface area contributed by atoms with Crippen LogP contribution in [0.25, 0.3) is 11.2 Å². The van der Waals surface area contributed by atoms with Crippen molar-refractivity contribution in [2.75, 3.05) is 31.7 Å². The fraction of sp³-hybridized carbons (Fsp3) is 0.500. The van der Waals surface area contributed by atoms with E-state index in [9.17, 15) is 0 Å². The first-order chi connectivity index (χ1) is 9.63. The Balaban J connectivity index is 2.04. The molecular formula is C14H18BrNO3S. The van der Waals surface area contributed by atoms with Gasteiger partial charge in [-0.1, -0.05) is 25.6 Å². The molecule has 0 saturated heterocycles. The van der Waals surface area contributed by atoms with Crippen molar-refractivity contribution in [2.45, 2.75) is 19.8 Å². The minimum absolute atomic E-state index is 0.600. The molecule has 0 atom stereocenters. The summed E-state index contributed by atoms with van der Waals surface area (Å²) in [6.07, 6.45) is 3.83. The van der Waals surface area contributed by atoms with E-state index in [0.717, 1.165) is 30.5 Å². The first-order valence-electron chi connectivity index (χ1n) is 6.63. The number of halogens is 1. The van der Waals surface area contributed by atoms with Gasteiger partial charge in [-0.05, 0) is 22.4 Å². The van der Waals surface area contributed by atoms with Crippen LogP contribution < -0.4 is 4.90 Å². The second-order valence-corrected chi connectivity index (χ2v) is 5.87. The van der Waals surface area contributed by atoms with Gasteiger partial charge < -0.3 is 18.5 Å². The molecule has 0 amide bonds. The fourth-order valence-corrected chi connectivity index (χ4v) is 2.35. The molecule has 0 aliphatic heterocycles. The number of fused-ring (bicyclic) bond motifs is 1. The Morgan fingerprint density at radius 1 is 1.35 bits per heavy atom. The van der Waals surface area contributed by atoms with Gasteiger partial charge in [-0.25, -0.2) is 0 Å². The molecule has 6 heteroatoms. The highest BCUT2D eigenvalue weighted by Crippen LogP contribution is 2.30. The van der Waals surface area contributed by atoms with Gasteiger partial charge in [-0.2, -0.15) is 0 Å². The van der Waals surface area contributed by atoms with Crippen LogP contribution in [0.4, 0.5) is 5.88 Å². The van der Waals surface area contributed by atoms with Crippen molar-refractivity contribution in [2.24, 2.45) is 0 Å². The van der Waals surface area contributed by atoms with Crippen LogP contribution in [0.5, 0.6) is 0 Å². The molecule has 0 aliphatic carbocycles. The van der Waals surface area contributed by atoms with Crippen LogP contribution in [0.2, 0.25) is 0 Å². The molecule has 2 aromatic heterocycles. The highest BCUT2D eigenvalue weighted by Gasteiger charge is 2.12. The Morgan fingerprint density at radius 2 is 2.15 bits per heavy atom. The topological polar surface area (TPSA) is 38.8 Å². The molecule has 2 heterocycles. The van der Waals surface area contributed by atoms with Crippen LogP contribution >= 0.6 is 28.1 Å². The van der Waals surface area contributed by atoms with Crippen LogP contribution in [-0.4, -0.2) is 26.8 Å². The molecule has 0 spiro atoms. The number of furan rings is 1. The minimum atomic E-state index is 0.600. The lowest BCUT2D eigenvalue weighted by Crippen LogP contribution is -2.22. The summed E-state index contributed by atoms with van der Waals surface area (Å²) in [5, 5.41) is 0. The maximum atomic E-state index is 5.82. The zero-order valence-electron chi connectivity index (χ0n) is 11.6. The summed E-state index contributed by atoms with van der Waals surface area (Å²) in [4.78, 5) is 1.99.